The third-order valence-corrected chi connectivity index (χ3v) is 7.63. The summed E-state index contributed by atoms with van der Waals surface area (Å²) in [5, 5.41) is 6.77. The van der Waals surface area contributed by atoms with Crippen molar-refractivity contribution in [3.05, 3.63) is 47.1 Å². The van der Waals surface area contributed by atoms with Crippen molar-refractivity contribution in [1.29, 1.82) is 0 Å². The molecule has 1 fully saturated rings. The lowest BCUT2D eigenvalue weighted by atomic mass is 9.97. The molecule has 0 aliphatic carbocycles. The van der Waals surface area contributed by atoms with Crippen molar-refractivity contribution in [1.82, 2.24) is 14.8 Å². The molecule has 168 valence electrons. The largest absolute Gasteiger partial charge is 0.355 e. The monoisotopic (exact) mass is 449 g/mol. The van der Waals surface area contributed by atoms with Crippen molar-refractivity contribution < 1.29 is 22.1 Å². The van der Waals surface area contributed by atoms with Gasteiger partial charge < -0.3 is 9.84 Å². The Balaban J connectivity index is 1.75. The molecule has 1 aliphatic heterocycles. The lowest BCUT2D eigenvalue weighted by molar-refractivity contribution is -0.126. The second kappa shape index (κ2) is 9.74. The van der Waals surface area contributed by atoms with E-state index >= 15 is 0 Å². The van der Waals surface area contributed by atoms with Gasteiger partial charge in [0.2, 0.25) is 15.9 Å². The highest BCUT2D eigenvalue weighted by Gasteiger charge is 2.36. The molecule has 1 aromatic heterocycles. The molecule has 0 spiro atoms. The Morgan fingerprint density at radius 1 is 1.32 bits per heavy atom. The summed E-state index contributed by atoms with van der Waals surface area (Å²) in [7, 11) is -3.87. The molecule has 0 bridgehead atoms. The molecule has 2 aromatic rings. The first-order valence-corrected chi connectivity index (χ1v) is 11.9. The van der Waals surface area contributed by atoms with Gasteiger partial charge in [0, 0.05) is 30.6 Å². The molecule has 3 rings (SSSR count). The number of amides is 1. The number of sulfonamides is 1. The van der Waals surface area contributed by atoms with Crippen molar-refractivity contribution in [2.75, 3.05) is 13.1 Å². The van der Waals surface area contributed by atoms with Gasteiger partial charge in [-0.3, -0.25) is 4.79 Å². The van der Waals surface area contributed by atoms with Crippen molar-refractivity contribution in [2.45, 2.75) is 51.0 Å². The number of hydrogen-bond acceptors (Lipinski definition) is 5. The predicted molar refractivity (Wildman–Crippen MR) is 116 cm³/mol. The summed E-state index contributed by atoms with van der Waals surface area (Å²) < 4.78 is 47.0. The molecule has 1 saturated heterocycles. The maximum absolute atomic E-state index is 13.9. The molecule has 9 heteroatoms. The van der Waals surface area contributed by atoms with Crippen LogP contribution in [0.1, 0.15) is 50.1 Å². The minimum absolute atomic E-state index is 0.0254. The van der Waals surface area contributed by atoms with Gasteiger partial charge in [-0.2, -0.15) is 4.31 Å². The Morgan fingerprint density at radius 2 is 2.00 bits per heavy atom. The highest BCUT2D eigenvalue weighted by atomic mass is 32.2. The van der Waals surface area contributed by atoms with Crippen LogP contribution in [-0.2, 0) is 14.8 Å². The van der Waals surface area contributed by atoms with Crippen LogP contribution in [-0.4, -0.2) is 42.9 Å². The summed E-state index contributed by atoms with van der Waals surface area (Å²) >= 11 is 0. The number of aryl methyl sites for hydroxylation is 1. The SMILES string of the molecule is CCC(C)NC(=O)C1CCN(S(=O)(=O)c2c(C)noc2C=Cc2ccccc2F)CC1. The molecule has 1 N–H and O–H groups in total. The number of hydrogen-bond donors (Lipinski definition) is 1. The van der Waals surface area contributed by atoms with E-state index in [1.807, 2.05) is 13.8 Å². The van der Waals surface area contributed by atoms with Gasteiger partial charge in [0.05, 0.1) is 0 Å². The summed E-state index contributed by atoms with van der Waals surface area (Å²) in [6.45, 7) is 5.98. The van der Waals surface area contributed by atoms with Gasteiger partial charge in [-0.05, 0) is 51.3 Å². The van der Waals surface area contributed by atoms with E-state index in [2.05, 4.69) is 10.5 Å². The van der Waals surface area contributed by atoms with Gasteiger partial charge in [0.1, 0.15) is 11.5 Å². The van der Waals surface area contributed by atoms with Crippen LogP contribution in [0.2, 0.25) is 0 Å². The summed E-state index contributed by atoms with van der Waals surface area (Å²) in [5.41, 5.74) is 0.554. The summed E-state index contributed by atoms with van der Waals surface area (Å²) in [6, 6.07) is 6.27. The fraction of sp³-hybridized carbons (Fsp3) is 0.455. The van der Waals surface area contributed by atoms with Crippen LogP contribution in [0.25, 0.3) is 12.2 Å². The Kier molecular flexibility index (Phi) is 7.27. The van der Waals surface area contributed by atoms with Crippen LogP contribution in [0.4, 0.5) is 4.39 Å². The molecule has 1 amide bonds. The summed E-state index contributed by atoms with van der Waals surface area (Å²) in [5.74, 6) is -0.597. The van der Waals surface area contributed by atoms with Gasteiger partial charge in [0.25, 0.3) is 0 Å². The lowest BCUT2D eigenvalue weighted by Crippen LogP contribution is -2.44. The zero-order valence-corrected chi connectivity index (χ0v) is 18.8. The highest BCUT2D eigenvalue weighted by molar-refractivity contribution is 7.89. The predicted octanol–water partition coefficient (Wildman–Crippen LogP) is 3.61. The molecule has 31 heavy (non-hydrogen) atoms. The van der Waals surface area contributed by atoms with E-state index in [4.69, 9.17) is 4.52 Å². The molecule has 1 unspecified atom stereocenters. The van der Waals surface area contributed by atoms with E-state index in [0.717, 1.165) is 6.42 Å². The Hall–Kier alpha value is -2.52. The number of carbonyl (C=O) groups excluding carboxylic acids is 1. The zero-order valence-electron chi connectivity index (χ0n) is 18.0. The number of halogens is 1. The highest BCUT2D eigenvalue weighted by Crippen LogP contribution is 2.29. The number of nitrogens with one attached hydrogen (secondary N) is 1. The normalized spacial score (nSPS) is 17.2. The minimum atomic E-state index is -3.87. The number of rotatable bonds is 7. The number of benzene rings is 1. The molecule has 0 radical (unpaired) electrons. The van der Waals surface area contributed by atoms with Crippen LogP contribution in [0.15, 0.2) is 33.7 Å². The van der Waals surface area contributed by atoms with Crippen LogP contribution in [0.3, 0.4) is 0 Å². The molecular weight excluding hydrogens is 421 g/mol. The molecule has 0 saturated carbocycles. The van der Waals surface area contributed by atoms with Crippen LogP contribution in [0.5, 0.6) is 0 Å². The zero-order chi connectivity index (χ0) is 22.6. The molecule has 7 nitrogen and oxygen atoms in total. The van der Waals surface area contributed by atoms with E-state index in [9.17, 15) is 17.6 Å². The second-order valence-electron chi connectivity index (χ2n) is 7.81. The third kappa shape index (κ3) is 5.22. The second-order valence-corrected chi connectivity index (χ2v) is 9.69. The van der Waals surface area contributed by atoms with Crippen molar-refractivity contribution in [2.24, 2.45) is 5.92 Å². The topological polar surface area (TPSA) is 92.5 Å². The van der Waals surface area contributed by atoms with E-state index in [-0.39, 0.29) is 47.3 Å². The van der Waals surface area contributed by atoms with Gasteiger partial charge in [0.15, 0.2) is 10.7 Å². The quantitative estimate of drug-likeness (QED) is 0.697. The smallest absolute Gasteiger partial charge is 0.248 e. The molecular formula is C22H28FN3O4S. The van der Waals surface area contributed by atoms with Gasteiger partial charge in [-0.25, -0.2) is 12.8 Å². The van der Waals surface area contributed by atoms with Gasteiger partial charge in [-0.15, -0.1) is 0 Å². The first-order valence-electron chi connectivity index (χ1n) is 10.4. The molecule has 1 aliphatic rings. The maximum Gasteiger partial charge on any atom is 0.248 e. The van der Waals surface area contributed by atoms with Crippen LogP contribution >= 0.6 is 0 Å². The van der Waals surface area contributed by atoms with Crippen molar-refractivity contribution in [3.63, 3.8) is 0 Å². The number of carbonyl (C=O) groups is 1. The van der Waals surface area contributed by atoms with E-state index in [1.165, 1.54) is 22.5 Å². The van der Waals surface area contributed by atoms with Crippen LogP contribution < -0.4 is 5.32 Å². The Labute approximate surface area is 182 Å². The fourth-order valence-electron chi connectivity index (χ4n) is 3.52. The van der Waals surface area contributed by atoms with E-state index in [0.29, 0.717) is 18.4 Å². The van der Waals surface area contributed by atoms with Crippen molar-refractivity contribution >= 4 is 28.1 Å². The van der Waals surface area contributed by atoms with Gasteiger partial charge in [-0.1, -0.05) is 30.3 Å². The fourth-order valence-corrected chi connectivity index (χ4v) is 5.24. The minimum Gasteiger partial charge on any atom is -0.355 e. The standard InChI is InChI=1S/C22H28FN3O4S/c1-4-15(2)24-22(27)18-11-13-26(14-12-18)31(28,29)21-16(3)25-30-20(21)10-9-17-7-5-6-8-19(17)23/h5-10,15,18H,4,11-14H2,1-3H3,(H,24,27). The van der Waals surface area contributed by atoms with Gasteiger partial charge >= 0.3 is 0 Å². The van der Waals surface area contributed by atoms with E-state index in [1.54, 1.807) is 25.1 Å². The van der Waals surface area contributed by atoms with Crippen molar-refractivity contribution in [3.8, 4) is 0 Å². The maximum atomic E-state index is 13.9. The third-order valence-electron chi connectivity index (χ3n) is 5.58. The first-order chi connectivity index (χ1) is 14.7. The van der Waals surface area contributed by atoms with E-state index < -0.39 is 15.8 Å². The van der Waals surface area contributed by atoms with Crippen LogP contribution in [0, 0.1) is 18.7 Å². The molecule has 2 heterocycles. The summed E-state index contributed by atoms with van der Waals surface area (Å²) in [6.07, 6.45) is 4.62. The Morgan fingerprint density at radius 3 is 2.65 bits per heavy atom. The number of nitrogens with zero attached hydrogens (tertiary/aromatic N) is 2. The average molecular weight is 450 g/mol. The molecule has 1 aromatic carbocycles. The average Bonchev–Trinajstić information content (AvgIpc) is 3.14. The molecule has 1 atom stereocenters. The Bertz CT molecular complexity index is 1060. The first kappa shape index (κ1) is 23.1. The number of aromatic nitrogens is 1. The summed E-state index contributed by atoms with van der Waals surface area (Å²) in [4.78, 5) is 12.3. The number of piperidine rings is 1. The lowest BCUT2D eigenvalue weighted by Gasteiger charge is -2.31.